The van der Waals surface area contributed by atoms with Gasteiger partial charge in [-0.25, -0.2) is 9.48 Å². The molecule has 1 saturated heterocycles. The zero-order valence-corrected chi connectivity index (χ0v) is 15.8. The summed E-state index contributed by atoms with van der Waals surface area (Å²) in [5.41, 5.74) is 2.25. The Balaban J connectivity index is 1.37. The van der Waals surface area contributed by atoms with Gasteiger partial charge in [0.15, 0.2) is 0 Å². The van der Waals surface area contributed by atoms with Crippen LogP contribution in [0.4, 0.5) is 0 Å². The van der Waals surface area contributed by atoms with Crippen molar-refractivity contribution in [3.05, 3.63) is 51.7 Å². The molecule has 6 heteroatoms. The standard InChI is InChI=1S/C21H26N4O2/c1-14-3-2-4-16(9-14)10-20(26)25-17-7-8-18(25)13-23-19(11-17)22-24(21(23)27)12-15-5-6-15/h2-4,9,15,17-18H,5-8,10-13H2,1H3/t17-,18+/m0/s1. The second kappa shape index (κ2) is 6.36. The average Bonchev–Trinajstić information content (AvgIpc) is 3.31. The van der Waals surface area contributed by atoms with Gasteiger partial charge >= 0.3 is 5.69 Å². The topological polar surface area (TPSA) is 60.1 Å². The summed E-state index contributed by atoms with van der Waals surface area (Å²) in [5, 5.41) is 4.63. The van der Waals surface area contributed by atoms with Gasteiger partial charge in [-0.15, -0.1) is 0 Å². The van der Waals surface area contributed by atoms with Crippen molar-refractivity contribution >= 4 is 5.91 Å². The Labute approximate surface area is 158 Å². The van der Waals surface area contributed by atoms with Crippen LogP contribution in [-0.2, 0) is 30.7 Å². The third-order valence-corrected chi connectivity index (χ3v) is 6.28. The van der Waals surface area contributed by atoms with Crippen LogP contribution in [0.2, 0.25) is 0 Å². The minimum Gasteiger partial charge on any atom is -0.334 e. The van der Waals surface area contributed by atoms with Crippen molar-refractivity contribution in [3.63, 3.8) is 0 Å². The molecule has 2 aromatic rings. The van der Waals surface area contributed by atoms with E-state index < -0.39 is 0 Å². The minimum absolute atomic E-state index is 0.00975. The van der Waals surface area contributed by atoms with Crippen LogP contribution in [0.15, 0.2) is 29.1 Å². The van der Waals surface area contributed by atoms with Gasteiger partial charge in [-0.2, -0.15) is 5.10 Å². The van der Waals surface area contributed by atoms with E-state index in [2.05, 4.69) is 29.1 Å². The number of hydrogen-bond acceptors (Lipinski definition) is 3. The largest absolute Gasteiger partial charge is 0.345 e. The van der Waals surface area contributed by atoms with E-state index in [1.165, 1.54) is 18.4 Å². The van der Waals surface area contributed by atoms with Gasteiger partial charge in [0.2, 0.25) is 5.91 Å². The van der Waals surface area contributed by atoms with Gasteiger partial charge in [-0.1, -0.05) is 29.8 Å². The molecule has 2 aliphatic heterocycles. The summed E-state index contributed by atoms with van der Waals surface area (Å²) in [6.07, 6.45) is 5.53. The Bertz CT molecular complexity index is 940. The lowest BCUT2D eigenvalue weighted by atomic mass is 10.1. The number of amides is 1. The van der Waals surface area contributed by atoms with Crippen molar-refractivity contribution in [1.29, 1.82) is 0 Å². The molecule has 3 aliphatic rings. The molecule has 1 amide bonds. The zero-order valence-electron chi connectivity index (χ0n) is 15.8. The third-order valence-electron chi connectivity index (χ3n) is 6.28. The number of aryl methyl sites for hydroxylation is 1. The van der Waals surface area contributed by atoms with E-state index in [9.17, 15) is 9.59 Å². The van der Waals surface area contributed by atoms with Crippen molar-refractivity contribution in [3.8, 4) is 0 Å². The predicted octanol–water partition coefficient (Wildman–Crippen LogP) is 1.92. The molecule has 1 aliphatic carbocycles. The number of rotatable bonds is 4. The molecule has 1 saturated carbocycles. The summed E-state index contributed by atoms with van der Waals surface area (Å²) in [6, 6.07) is 8.45. The maximum atomic E-state index is 13.1. The Morgan fingerprint density at radius 1 is 1.19 bits per heavy atom. The summed E-state index contributed by atoms with van der Waals surface area (Å²) >= 11 is 0. The van der Waals surface area contributed by atoms with Crippen LogP contribution in [0.3, 0.4) is 0 Å². The summed E-state index contributed by atoms with van der Waals surface area (Å²) in [5.74, 6) is 1.67. The van der Waals surface area contributed by atoms with Gasteiger partial charge in [0.25, 0.3) is 0 Å². The average molecular weight is 366 g/mol. The van der Waals surface area contributed by atoms with Crippen molar-refractivity contribution in [1.82, 2.24) is 19.2 Å². The zero-order chi connectivity index (χ0) is 18.5. The summed E-state index contributed by atoms with van der Waals surface area (Å²) < 4.78 is 3.50. The van der Waals surface area contributed by atoms with E-state index >= 15 is 0 Å². The number of carbonyl (C=O) groups excluding carboxylic acids is 1. The number of nitrogens with zero attached hydrogens (tertiary/aromatic N) is 4. The normalized spacial score (nSPS) is 24.0. The van der Waals surface area contributed by atoms with Gasteiger partial charge in [0.05, 0.1) is 12.5 Å². The first-order valence-corrected chi connectivity index (χ1v) is 10.1. The molecular weight excluding hydrogens is 340 g/mol. The molecule has 142 valence electrons. The molecule has 2 fully saturated rings. The molecule has 0 radical (unpaired) electrons. The Morgan fingerprint density at radius 3 is 2.78 bits per heavy atom. The first-order chi connectivity index (χ1) is 13.1. The monoisotopic (exact) mass is 366 g/mol. The van der Waals surface area contributed by atoms with E-state index in [-0.39, 0.29) is 23.7 Å². The highest BCUT2D eigenvalue weighted by atomic mass is 16.2. The molecule has 27 heavy (non-hydrogen) atoms. The number of carbonyl (C=O) groups is 1. The maximum Gasteiger partial charge on any atom is 0.345 e. The smallest absolute Gasteiger partial charge is 0.334 e. The molecule has 1 aromatic heterocycles. The van der Waals surface area contributed by atoms with Crippen molar-refractivity contribution in [2.24, 2.45) is 5.92 Å². The fourth-order valence-corrected chi connectivity index (χ4v) is 4.74. The van der Waals surface area contributed by atoms with E-state index in [4.69, 9.17) is 0 Å². The predicted molar refractivity (Wildman–Crippen MR) is 101 cm³/mol. The first-order valence-electron chi connectivity index (χ1n) is 10.1. The summed E-state index contributed by atoms with van der Waals surface area (Å²) in [4.78, 5) is 27.9. The van der Waals surface area contributed by atoms with E-state index in [1.807, 2.05) is 16.7 Å². The fourth-order valence-electron chi connectivity index (χ4n) is 4.74. The second-order valence-electron chi connectivity index (χ2n) is 8.49. The van der Waals surface area contributed by atoms with Crippen molar-refractivity contribution < 1.29 is 4.79 Å². The third kappa shape index (κ3) is 3.11. The van der Waals surface area contributed by atoms with Crippen molar-refractivity contribution in [2.45, 2.75) is 70.6 Å². The molecule has 3 heterocycles. The van der Waals surface area contributed by atoms with Crippen LogP contribution < -0.4 is 5.69 Å². The van der Waals surface area contributed by atoms with Gasteiger partial charge in [0, 0.05) is 25.6 Å². The molecule has 0 unspecified atom stereocenters. The fraction of sp³-hybridized carbons (Fsp3) is 0.571. The van der Waals surface area contributed by atoms with Crippen LogP contribution in [0.5, 0.6) is 0 Å². The lowest BCUT2D eigenvalue weighted by Gasteiger charge is -2.28. The molecular formula is C21H26N4O2. The quantitative estimate of drug-likeness (QED) is 0.831. The highest BCUT2D eigenvalue weighted by Crippen LogP contribution is 2.32. The van der Waals surface area contributed by atoms with Gasteiger partial charge < -0.3 is 4.90 Å². The molecule has 1 aromatic carbocycles. The molecule has 5 rings (SSSR count). The molecule has 2 atom stereocenters. The minimum atomic E-state index is 0.00975. The summed E-state index contributed by atoms with van der Waals surface area (Å²) in [7, 11) is 0. The number of hydrogen-bond donors (Lipinski definition) is 0. The Kier molecular flexibility index (Phi) is 3.95. The highest BCUT2D eigenvalue weighted by molar-refractivity contribution is 5.80. The van der Waals surface area contributed by atoms with Crippen LogP contribution >= 0.6 is 0 Å². The van der Waals surface area contributed by atoms with Crippen LogP contribution in [-0.4, -0.2) is 37.2 Å². The molecule has 0 spiro atoms. The summed E-state index contributed by atoms with van der Waals surface area (Å²) in [6.45, 7) is 3.40. The Hall–Kier alpha value is -2.37. The van der Waals surface area contributed by atoms with Crippen LogP contribution in [0, 0.1) is 12.8 Å². The SMILES string of the molecule is Cc1cccc(CC(=O)N2[C@@H]3CC[C@H]2Cc2nn(CC4CC4)c(=O)n2C3)c1. The van der Waals surface area contributed by atoms with Gasteiger partial charge in [-0.05, 0) is 44.1 Å². The first kappa shape index (κ1) is 16.8. The van der Waals surface area contributed by atoms with E-state index in [0.29, 0.717) is 25.3 Å². The lowest BCUT2D eigenvalue weighted by Crippen LogP contribution is -2.43. The van der Waals surface area contributed by atoms with E-state index in [0.717, 1.165) is 30.8 Å². The Morgan fingerprint density at radius 2 is 2.00 bits per heavy atom. The number of fused-ring (bicyclic) bond motifs is 3. The van der Waals surface area contributed by atoms with Gasteiger partial charge in [-0.3, -0.25) is 9.36 Å². The van der Waals surface area contributed by atoms with E-state index in [1.54, 1.807) is 4.68 Å². The van der Waals surface area contributed by atoms with Crippen molar-refractivity contribution in [2.75, 3.05) is 0 Å². The maximum absolute atomic E-state index is 13.1. The number of benzene rings is 1. The molecule has 2 bridgehead atoms. The molecule has 6 nitrogen and oxygen atoms in total. The molecule has 0 N–H and O–H groups in total. The number of aromatic nitrogens is 3. The van der Waals surface area contributed by atoms with Gasteiger partial charge in [0.1, 0.15) is 5.82 Å². The highest BCUT2D eigenvalue weighted by Gasteiger charge is 2.41. The van der Waals surface area contributed by atoms with Crippen LogP contribution in [0.1, 0.15) is 42.6 Å². The van der Waals surface area contributed by atoms with Crippen LogP contribution in [0.25, 0.3) is 0 Å². The second-order valence-corrected chi connectivity index (χ2v) is 8.49. The lowest BCUT2D eigenvalue weighted by molar-refractivity contribution is -0.133.